The lowest BCUT2D eigenvalue weighted by Gasteiger charge is -2.17. The predicted molar refractivity (Wildman–Crippen MR) is 92.7 cm³/mol. The number of sulfonamides is 1. The Morgan fingerprint density at radius 1 is 1.13 bits per heavy atom. The minimum atomic E-state index is -3.67. The van der Waals surface area contributed by atoms with Crippen LogP contribution in [0.3, 0.4) is 0 Å². The third-order valence-corrected chi connectivity index (χ3v) is 5.49. The zero-order chi connectivity index (χ0) is 17.2. The molecule has 6 heteroatoms. The maximum absolute atomic E-state index is 12.5. The van der Waals surface area contributed by atoms with Crippen LogP contribution in [0.15, 0.2) is 41.3 Å². The quantitative estimate of drug-likeness (QED) is 0.883. The summed E-state index contributed by atoms with van der Waals surface area (Å²) in [7, 11) is -2.19. The van der Waals surface area contributed by atoms with Crippen molar-refractivity contribution >= 4 is 21.6 Å². The first kappa shape index (κ1) is 17.8. The third-order valence-electron chi connectivity index (χ3n) is 3.66. The van der Waals surface area contributed by atoms with Gasteiger partial charge >= 0.3 is 0 Å². The van der Waals surface area contributed by atoms with Gasteiger partial charge in [-0.25, -0.2) is 13.1 Å². The molecule has 0 aliphatic heterocycles. The fraction of sp³-hybridized carbons (Fsp3) is 0.294. The number of benzene rings is 2. The molecule has 0 spiro atoms. The average molecular weight is 354 g/mol. The fourth-order valence-corrected chi connectivity index (χ4v) is 4.06. The molecule has 0 bridgehead atoms. The third kappa shape index (κ3) is 4.05. The molecule has 0 saturated carbocycles. The molecule has 0 unspecified atom stereocenters. The Kier molecular flexibility index (Phi) is 5.34. The molecule has 0 aliphatic carbocycles. The highest BCUT2D eigenvalue weighted by Gasteiger charge is 2.20. The second-order valence-corrected chi connectivity index (χ2v) is 7.62. The zero-order valence-electron chi connectivity index (χ0n) is 13.6. The number of hydrogen-bond acceptors (Lipinski definition) is 3. The van der Waals surface area contributed by atoms with Crippen molar-refractivity contribution in [2.75, 3.05) is 7.11 Å². The maximum Gasteiger partial charge on any atom is 0.241 e. The Morgan fingerprint density at radius 2 is 1.83 bits per heavy atom. The molecule has 0 aromatic heterocycles. The zero-order valence-corrected chi connectivity index (χ0v) is 15.1. The first-order chi connectivity index (χ1) is 10.7. The Labute approximate surface area is 142 Å². The molecule has 4 nitrogen and oxygen atoms in total. The number of halogens is 1. The molecular weight excluding hydrogens is 334 g/mol. The van der Waals surface area contributed by atoms with Crippen LogP contribution in [-0.2, 0) is 10.0 Å². The Hall–Kier alpha value is -1.56. The molecular formula is C17H20ClNO3S. The van der Waals surface area contributed by atoms with Crippen LogP contribution in [0.1, 0.15) is 29.7 Å². The van der Waals surface area contributed by atoms with Gasteiger partial charge < -0.3 is 4.74 Å². The average Bonchev–Trinajstić information content (AvgIpc) is 2.46. The van der Waals surface area contributed by atoms with Crippen molar-refractivity contribution in [3.63, 3.8) is 0 Å². The van der Waals surface area contributed by atoms with E-state index in [1.165, 1.54) is 19.2 Å². The van der Waals surface area contributed by atoms with Gasteiger partial charge in [-0.2, -0.15) is 0 Å². The van der Waals surface area contributed by atoms with Crippen molar-refractivity contribution in [1.82, 2.24) is 4.72 Å². The van der Waals surface area contributed by atoms with E-state index < -0.39 is 10.0 Å². The number of aryl methyl sites for hydroxylation is 2. The normalized spacial score (nSPS) is 12.9. The number of ether oxygens (including phenoxy) is 1. The van der Waals surface area contributed by atoms with Crippen LogP contribution in [0.2, 0.25) is 5.02 Å². The van der Waals surface area contributed by atoms with Crippen molar-refractivity contribution in [1.29, 1.82) is 0 Å². The first-order valence-electron chi connectivity index (χ1n) is 7.17. The molecule has 124 valence electrons. The minimum absolute atomic E-state index is 0.111. The van der Waals surface area contributed by atoms with E-state index in [0.29, 0.717) is 5.75 Å². The van der Waals surface area contributed by atoms with Gasteiger partial charge in [0.1, 0.15) is 5.75 Å². The molecule has 0 radical (unpaired) electrons. The lowest BCUT2D eigenvalue weighted by Crippen LogP contribution is -2.27. The number of nitrogens with one attached hydrogen (secondary N) is 1. The van der Waals surface area contributed by atoms with Crippen LogP contribution in [0.25, 0.3) is 0 Å². The molecule has 0 saturated heterocycles. The van der Waals surface area contributed by atoms with Crippen LogP contribution in [0, 0.1) is 13.8 Å². The van der Waals surface area contributed by atoms with Crippen LogP contribution >= 0.6 is 11.6 Å². The molecule has 0 aliphatic rings. The molecule has 0 heterocycles. The molecule has 2 aromatic rings. The van der Waals surface area contributed by atoms with Crippen molar-refractivity contribution in [3.8, 4) is 5.75 Å². The lowest BCUT2D eigenvalue weighted by atomic mass is 10.0. The topological polar surface area (TPSA) is 55.4 Å². The van der Waals surface area contributed by atoms with Gasteiger partial charge in [0.25, 0.3) is 0 Å². The van der Waals surface area contributed by atoms with E-state index >= 15 is 0 Å². The maximum atomic E-state index is 12.5. The summed E-state index contributed by atoms with van der Waals surface area (Å²) in [5, 5.41) is 0.259. The van der Waals surface area contributed by atoms with E-state index in [4.69, 9.17) is 16.3 Å². The summed E-state index contributed by atoms with van der Waals surface area (Å²) in [5.74, 6) is 0.438. The second-order valence-electron chi connectivity index (χ2n) is 5.50. The summed E-state index contributed by atoms with van der Waals surface area (Å²) in [5.41, 5.74) is 3.13. The predicted octanol–water partition coefficient (Wildman–Crippen LogP) is 4.00. The van der Waals surface area contributed by atoms with Crippen molar-refractivity contribution in [3.05, 3.63) is 58.1 Å². The molecule has 2 rings (SSSR count). The van der Waals surface area contributed by atoms with Crippen LogP contribution in [0.4, 0.5) is 0 Å². The molecule has 1 N–H and O–H groups in total. The molecule has 1 atom stereocenters. The summed E-state index contributed by atoms with van der Waals surface area (Å²) in [4.78, 5) is 0.111. The Bertz CT molecular complexity index is 819. The van der Waals surface area contributed by atoms with Gasteiger partial charge in [-0.1, -0.05) is 35.4 Å². The van der Waals surface area contributed by atoms with E-state index in [0.717, 1.165) is 16.7 Å². The van der Waals surface area contributed by atoms with E-state index in [-0.39, 0.29) is 16.0 Å². The summed E-state index contributed by atoms with van der Waals surface area (Å²) >= 11 is 6.01. The Morgan fingerprint density at radius 3 is 2.39 bits per heavy atom. The monoisotopic (exact) mass is 353 g/mol. The SMILES string of the molecule is COc1ccc(S(=O)(=O)N[C@@H](C)c2ccc(C)cc2C)cc1Cl. The highest BCUT2D eigenvalue weighted by molar-refractivity contribution is 7.89. The van der Waals surface area contributed by atoms with E-state index in [1.54, 1.807) is 6.07 Å². The summed E-state index contributed by atoms with van der Waals surface area (Å²) in [6.45, 7) is 5.79. The van der Waals surface area contributed by atoms with Gasteiger partial charge in [0.15, 0.2) is 0 Å². The van der Waals surface area contributed by atoms with Gasteiger partial charge in [-0.3, -0.25) is 0 Å². The number of methoxy groups -OCH3 is 1. The Balaban J connectivity index is 2.28. The van der Waals surface area contributed by atoms with Crippen molar-refractivity contribution < 1.29 is 13.2 Å². The highest BCUT2D eigenvalue weighted by atomic mass is 35.5. The largest absolute Gasteiger partial charge is 0.495 e. The fourth-order valence-electron chi connectivity index (χ4n) is 2.49. The second kappa shape index (κ2) is 6.91. The highest BCUT2D eigenvalue weighted by Crippen LogP contribution is 2.28. The standard InChI is InChI=1S/C17H20ClNO3S/c1-11-5-7-15(12(2)9-11)13(3)19-23(20,21)14-6-8-17(22-4)16(18)10-14/h5-10,13,19H,1-4H3/t13-/m0/s1. The smallest absolute Gasteiger partial charge is 0.241 e. The van der Waals surface area contributed by atoms with Gasteiger partial charge in [-0.15, -0.1) is 0 Å². The first-order valence-corrected chi connectivity index (χ1v) is 9.03. The van der Waals surface area contributed by atoms with E-state index in [1.807, 2.05) is 39.0 Å². The summed E-state index contributed by atoms with van der Waals surface area (Å²) < 4.78 is 32.8. The van der Waals surface area contributed by atoms with Crippen LogP contribution < -0.4 is 9.46 Å². The summed E-state index contributed by atoms with van der Waals surface area (Å²) in [6, 6.07) is 10.00. The van der Waals surface area contributed by atoms with Gasteiger partial charge in [0.2, 0.25) is 10.0 Å². The van der Waals surface area contributed by atoms with Gasteiger partial charge in [-0.05, 0) is 50.1 Å². The molecule has 2 aromatic carbocycles. The van der Waals surface area contributed by atoms with E-state index in [9.17, 15) is 8.42 Å². The minimum Gasteiger partial charge on any atom is -0.495 e. The molecule has 23 heavy (non-hydrogen) atoms. The number of hydrogen-bond donors (Lipinski definition) is 1. The number of rotatable bonds is 5. The molecule has 0 amide bonds. The van der Waals surface area contributed by atoms with Crippen molar-refractivity contribution in [2.45, 2.75) is 31.7 Å². The van der Waals surface area contributed by atoms with Crippen LogP contribution in [0.5, 0.6) is 5.75 Å². The molecule has 0 fully saturated rings. The van der Waals surface area contributed by atoms with E-state index in [2.05, 4.69) is 4.72 Å². The van der Waals surface area contributed by atoms with Gasteiger partial charge in [0, 0.05) is 6.04 Å². The van der Waals surface area contributed by atoms with Gasteiger partial charge in [0.05, 0.1) is 17.0 Å². The van der Waals surface area contributed by atoms with Crippen molar-refractivity contribution in [2.24, 2.45) is 0 Å². The summed E-state index contributed by atoms with van der Waals surface area (Å²) in [6.07, 6.45) is 0. The van der Waals surface area contributed by atoms with Crippen LogP contribution in [-0.4, -0.2) is 15.5 Å². The lowest BCUT2D eigenvalue weighted by molar-refractivity contribution is 0.414.